The number of aliphatic hydroxyl groups excluding tert-OH is 1. The average Bonchev–Trinajstić information content (AvgIpc) is 3.01. The predicted octanol–water partition coefficient (Wildman–Crippen LogP) is 0.859. The van der Waals surface area contributed by atoms with E-state index >= 15 is 0 Å². The standard InChI is InChI=1S/C21H27N4O3/c22-18(27)21-7-1-10-25(21)19(28)24(14-21)16-4-2-15(3-5-16)20(8-9-20)13-23-11-6-17(26)12-23/h2-5,7,17,26H,1,6,8-14H2,(H2,22,27)/t17?,21-/m1/s1. The summed E-state index contributed by atoms with van der Waals surface area (Å²) in [5.41, 5.74) is 6.95. The maximum atomic E-state index is 12.8. The molecule has 3 heterocycles. The maximum Gasteiger partial charge on any atom is 0.325 e. The number of carbonyl (C=O) groups excluding carboxylic acids is 2. The Morgan fingerprint density at radius 2 is 1.96 bits per heavy atom. The highest BCUT2D eigenvalue weighted by Gasteiger charge is 2.57. The molecule has 4 fully saturated rings. The zero-order valence-electron chi connectivity index (χ0n) is 16.0. The Morgan fingerprint density at radius 3 is 2.54 bits per heavy atom. The number of amides is 3. The van der Waals surface area contributed by atoms with Crippen molar-refractivity contribution in [3.05, 3.63) is 36.2 Å². The number of aliphatic hydroxyl groups is 1. The van der Waals surface area contributed by atoms with Crippen LogP contribution >= 0.6 is 0 Å². The summed E-state index contributed by atoms with van der Waals surface area (Å²) in [6.07, 6.45) is 5.58. The van der Waals surface area contributed by atoms with Crippen molar-refractivity contribution in [3.8, 4) is 0 Å². The molecule has 1 aromatic carbocycles. The normalized spacial score (nSPS) is 31.5. The monoisotopic (exact) mass is 383 g/mol. The molecule has 28 heavy (non-hydrogen) atoms. The van der Waals surface area contributed by atoms with Crippen LogP contribution in [0, 0.1) is 6.42 Å². The Morgan fingerprint density at radius 1 is 1.21 bits per heavy atom. The highest BCUT2D eigenvalue weighted by atomic mass is 16.3. The molecule has 4 aliphatic rings. The van der Waals surface area contributed by atoms with E-state index in [1.807, 2.05) is 18.6 Å². The molecule has 3 aliphatic heterocycles. The largest absolute Gasteiger partial charge is 0.392 e. The molecule has 3 N–H and O–H groups in total. The second-order valence-electron chi connectivity index (χ2n) is 8.81. The average molecular weight is 383 g/mol. The summed E-state index contributed by atoms with van der Waals surface area (Å²) in [4.78, 5) is 30.5. The van der Waals surface area contributed by atoms with Crippen LogP contribution in [0.25, 0.3) is 0 Å². The van der Waals surface area contributed by atoms with E-state index in [1.165, 1.54) is 5.56 Å². The van der Waals surface area contributed by atoms with Gasteiger partial charge < -0.3 is 15.7 Å². The number of likely N-dealkylation sites (tertiary alicyclic amines) is 1. The van der Waals surface area contributed by atoms with Crippen LogP contribution in [-0.4, -0.2) is 71.2 Å². The van der Waals surface area contributed by atoms with Gasteiger partial charge in [0.2, 0.25) is 5.91 Å². The summed E-state index contributed by atoms with van der Waals surface area (Å²) in [6, 6.07) is 8.07. The van der Waals surface area contributed by atoms with Gasteiger partial charge in [0.05, 0.1) is 12.6 Å². The van der Waals surface area contributed by atoms with Gasteiger partial charge in [0.15, 0.2) is 0 Å². The first-order valence-electron chi connectivity index (χ1n) is 10.2. The summed E-state index contributed by atoms with van der Waals surface area (Å²) >= 11 is 0. The minimum Gasteiger partial charge on any atom is -0.392 e. The Bertz CT molecular complexity index is 806. The fourth-order valence-electron chi connectivity index (χ4n) is 5.19. The van der Waals surface area contributed by atoms with Crippen molar-refractivity contribution in [1.82, 2.24) is 9.80 Å². The maximum absolute atomic E-state index is 12.8. The van der Waals surface area contributed by atoms with Crippen LogP contribution in [0.4, 0.5) is 10.5 Å². The molecular weight excluding hydrogens is 356 g/mol. The Hall–Kier alpha value is -2.12. The number of hydrogen-bond acceptors (Lipinski definition) is 4. The topological polar surface area (TPSA) is 90.1 Å². The number of urea groups is 1. The Balaban J connectivity index is 1.33. The zero-order chi connectivity index (χ0) is 19.5. The highest BCUT2D eigenvalue weighted by molar-refractivity contribution is 6.04. The molecule has 3 amide bonds. The van der Waals surface area contributed by atoms with Gasteiger partial charge in [-0.2, -0.15) is 0 Å². The molecule has 149 valence electrons. The van der Waals surface area contributed by atoms with E-state index in [0.717, 1.165) is 44.6 Å². The van der Waals surface area contributed by atoms with Gasteiger partial charge in [0.1, 0.15) is 5.54 Å². The summed E-state index contributed by atoms with van der Waals surface area (Å²) < 4.78 is 0. The minimum atomic E-state index is -0.968. The van der Waals surface area contributed by atoms with E-state index in [1.54, 1.807) is 9.80 Å². The highest BCUT2D eigenvalue weighted by Crippen LogP contribution is 2.49. The third-order valence-corrected chi connectivity index (χ3v) is 7.02. The number of benzene rings is 1. The van der Waals surface area contributed by atoms with E-state index in [4.69, 9.17) is 5.73 Å². The first-order chi connectivity index (χ1) is 13.4. The molecule has 0 bridgehead atoms. The molecule has 1 saturated carbocycles. The molecule has 1 radical (unpaired) electrons. The summed E-state index contributed by atoms with van der Waals surface area (Å²) in [5, 5.41) is 9.78. The lowest BCUT2D eigenvalue weighted by Crippen LogP contribution is -2.53. The number of primary amides is 1. The van der Waals surface area contributed by atoms with E-state index in [-0.39, 0.29) is 24.1 Å². The molecule has 3 saturated heterocycles. The lowest BCUT2D eigenvalue weighted by Gasteiger charge is -2.25. The van der Waals surface area contributed by atoms with E-state index < -0.39 is 11.4 Å². The number of rotatable bonds is 5. The van der Waals surface area contributed by atoms with Crippen LogP contribution in [0.1, 0.15) is 31.2 Å². The lowest BCUT2D eigenvalue weighted by molar-refractivity contribution is -0.124. The number of carbonyl (C=O) groups is 2. The molecule has 0 aromatic heterocycles. The molecule has 0 spiro atoms. The van der Waals surface area contributed by atoms with Crippen molar-refractivity contribution in [2.45, 2.75) is 42.7 Å². The first-order valence-corrected chi connectivity index (χ1v) is 10.2. The number of hydrogen-bond donors (Lipinski definition) is 2. The predicted molar refractivity (Wildman–Crippen MR) is 105 cm³/mol. The van der Waals surface area contributed by atoms with E-state index in [2.05, 4.69) is 17.0 Å². The van der Waals surface area contributed by atoms with Gasteiger partial charge in [0.25, 0.3) is 0 Å². The number of fused-ring (bicyclic) bond motifs is 1. The second kappa shape index (κ2) is 6.19. The molecular formula is C21H27N4O3. The third-order valence-electron chi connectivity index (χ3n) is 7.02. The zero-order valence-corrected chi connectivity index (χ0v) is 16.0. The summed E-state index contributed by atoms with van der Waals surface area (Å²) in [5.74, 6) is -0.456. The quantitative estimate of drug-likeness (QED) is 0.789. The minimum absolute atomic E-state index is 0.146. The van der Waals surface area contributed by atoms with E-state index in [9.17, 15) is 14.7 Å². The van der Waals surface area contributed by atoms with Crippen LogP contribution in [0.3, 0.4) is 0 Å². The van der Waals surface area contributed by atoms with Crippen molar-refractivity contribution >= 4 is 17.6 Å². The second-order valence-corrected chi connectivity index (χ2v) is 8.81. The van der Waals surface area contributed by atoms with Crippen LogP contribution in [0.2, 0.25) is 0 Å². The van der Waals surface area contributed by atoms with Crippen molar-refractivity contribution in [2.24, 2.45) is 5.73 Å². The molecule has 1 unspecified atom stereocenters. The van der Waals surface area contributed by atoms with Crippen molar-refractivity contribution in [1.29, 1.82) is 0 Å². The van der Waals surface area contributed by atoms with Gasteiger partial charge in [-0.25, -0.2) is 4.79 Å². The van der Waals surface area contributed by atoms with Gasteiger partial charge in [-0.3, -0.25) is 14.6 Å². The molecule has 7 nitrogen and oxygen atoms in total. The van der Waals surface area contributed by atoms with Crippen molar-refractivity contribution in [3.63, 3.8) is 0 Å². The van der Waals surface area contributed by atoms with Crippen LogP contribution in [0.5, 0.6) is 0 Å². The lowest BCUT2D eigenvalue weighted by atomic mass is 9.94. The van der Waals surface area contributed by atoms with E-state index in [0.29, 0.717) is 13.0 Å². The first kappa shape index (κ1) is 17.9. The van der Waals surface area contributed by atoms with Crippen molar-refractivity contribution < 1.29 is 14.7 Å². The number of nitrogens with zero attached hydrogens (tertiary/aromatic N) is 3. The Kier molecular flexibility index (Phi) is 3.97. The number of β-amino-alcohol motifs (C(OH)–C–C–N with tert-alkyl or cyclic N) is 1. The molecule has 1 aromatic rings. The molecule has 2 atom stereocenters. The van der Waals surface area contributed by atoms with Crippen LogP contribution < -0.4 is 10.6 Å². The van der Waals surface area contributed by atoms with Gasteiger partial charge in [-0.1, -0.05) is 12.1 Å². The Labute approximate surface area is 165 Å². The third kappa shape index (κ3) is 2.63. The van der Waals surface area contributed by atoms with Gasteiger partial charge in [-0.15, -0.1) is 0 Å². The van der Waals surface area contributed by atoms with Crippen LogP contribution in [0.15, 0.2) is 24.3 Å². The number of nitrogens with two attached hydrogens (primary N) is 1. The SMILES string of the molecule is NC(=O)[C@]12[CH]CCN1C(=O)N(c1ccc(C3(CN4CCC(O)C4)CC3)cc1)C2. The fourth-order valence-corrected chi connectivity index (χ4v) is 5.19. The van der Waals surface area contributed by atoms with Gasteiger partial charge >= 0.3 is 6.03 Å². The number of anilines is 1. The molecule has 1 aliphatic carbocycles. The fraction of sp³-hybridized carbons (Fsp3) is 0.571. The van der Waals surface area contributed by atoms with Crippen LogP contribution in [-0.2, 0) is 10.2 Å². The summed E-state index contributed by atoms with van der Waals surface area (Å²) in [6.45, 7) is 3.55. The van der Waals surface area contributed by atoms with Gasteiger partial charge in [-0.05, 0) is 43.4 Å². The molecule has 7 heteroatoms. The summed E-state index contributed by atoms with van der Waals surface area (Å²) in [7, 11) is 0. The molecule has 5 rings (SSSR count). The van der Waals surface area contributed by atoms with Gasteiger partial charge in [0, 0.05) is 43.7 Å². The smallest absolute Gasteiger partial charge is 0.325 e. The van der Waals surface area contributed by atoms with Crippen molar-refractivity contribution in [2.75, 3.05) is 37.6 Å².